The van der Waals surface area contributed by atoms with Crippen LogP contribution in [0.4, 0.5) is 11.5 Å². The van der Waals surface area contributed by atoms with E-state index in [1.807, 2.05) is 36.9 Å². The predicted molar refractivity (Wildman–Crippen MR) is 159 cm³/mol. The highest BCUT2D eigenvalue weighted by Crippen LogP contribution is 2.27. The highest BCUT2D eigenvalue weighted by molar-refractivity contribution is 5.86. The molecule has 1 aromatic carbocycles. The van der Waals surface area contributed by atoms with Gasteiger partial charge in [-0.3, -0.25) is 9.78 Å². The van der Waals surface area contributed by atoms with Crippen LogP contribution in [0.1, 0.15) is 57.5 Å². The third-order valence-corrected chi connectivity index (χ3v) is 6.38. The number of nitrogens with zero attached hydrogens (tertiary/aromatic N) is 4. The topological polar surface area (TPSA) is 76.8 Å². The molecule has 0 bridgehead atoms. The third kappa shape index (κ3) is 5.96. The molecular formula is C27H35Cl3N6O. The summed E-state index contributed by atoms with van der Waals surface area (Å²) in [7, 11) is 0. The number of hydrogen-bond acceptors (Lipinski definition) is 5. The summed E-state index contributed by atoms with van der Waals surface area (Å²) in [6, 6.07) is 12.4. The first kappa shape index (κ1) is 30.6. The van der Waals surface area contributed by atoms with E-state index in [0.717, 1.165) is 42.1 Å². The number of halogens is 3. The molecule has 5 rings (SSSR count). The van der Waals surface area contributed by atoms with Crippen molar-refractivity contribution >= 4 is 59.6 Å². The number of hydrogen-bond donors (Lipinski definition) is 2. The monoisotopic (exact) mass is 564 g/mol. The van der Waals surface area contributed by atoms with Gasteiger partial charge >= 0.3 is 0 Å². The predicted octanol–water partition coefficient (Wildman–Crippen LogP) is 6.12. The molecule has 10 heteroatoms. The molecule has 0 saturated heterocycles. The molecule has 37 heavy (non-hydrogen) atoms. The molecule has 4 heterocycles. The molecule has 4 aromatic rings. The second-order valence-electron chi connectivity index (χ2n) is 10.3. The molecule has 0 atom stereocenters. The molecule has 0 saturated carbocycles. The van der Waals surface area contributed by atoms with Crippen molar-refractivity contribution in [2.45, 2.75) is 59.0 Å². The third-order valence-electron chi connectivity index (χ3n) is 6.38. The van der Waals surface area contributed by atoms with Gasteiger partial charge in [0.2, 0.25) is 0 Å². The van der Waals surface area contributed by atoms with E-state index in [2.05, 4.69) is 65.6 Å². The van der Waals surface area contributed by atoms with Gasteiger partial charge in [0.15, 0.2) is 0 Å². The van der Waals surface area contributed by atoms with E-state index in [9.17, 15) is 4.79 Å². The van der Waals surface area contributed by atoms with E-state index < -0.39 is 0 Å². The number of benzene rings is 1. The number of aromatic nitrogens is 4. The maximum atomic E-state index is 13.3. The van der Waals surface area contributed by atoms with E-state index >= 15 is 0 Å². The van der Waals surface area contributed by atoms with Crippen LogP contribution in [0.5, 0.6) is 0 Å². The highest BCUT2D eigenvalue weighted by atomic mass is 35.5. The minimum atomic E-state index is -0.0997. The van der Waals surface area contributed by atoms with Crippen molar-refractivity contribution in [1.82, 2.24) is 24.6 Å². The lowest BCUT2D eigenvalue weighted by Gasteiger charge is -2.21. The first-order valence-corrected chi connectivity index (χ1v) is 11.9. The fraction of sp³-hybridized carbons (Fsp3) is 0.370. The first-order valence-electron chi connectivity index (χ1n) is 11.9. The zero-order chi connectivity index (χ0) is 24.0. The Labute approximate surface area is 236 Å². The second kappa shape index (κ2) is 11.9. The van der Waals surface area contributed by atoms with Gasteiger partial charge in [-0.15, -0.1) is 37.2 Å². The van der Waals surface area contributed by atoms with Crippen molar-refractivity contribution < 1.29 is 0 Å². The number of rotatable bonds is 4. The van der Waals surface area contributed by atoms with Crippen molar-refractivity contribution in [3.8, 4) is 5.69 Å². The summed E-state index contributed by atoms with van der Waals surface area (Å²) in [5.74, 6) is 0.705. The van der Waals surface area contributed by atoms with Gasteiger partial charge in [-0.2, -0.15) is 0 Å². The maximum Gasteiger partial charge on any atom is 0.276 e. The summed E-state index contributed by atoms with van der Waals surface area (Å²) in [5.41, 5.74) is 6.26. The summed E-state index contributed by atoms with van der Waals surface area (Å²) >= 11 is 0. The fourth-order valence-corrected chi connectivity index (χ4v) is 4.58. The Bertz CT molecular complexity index is 1440. The van der Waals surface area contributed by atoms with E-state index in [4.69, 9.17) is 0 Å². The molecule has 1 aliphatic heterocycles. The maximum absolute atomic E-state index is 13.3. The standard InChI is InChI=1S/C27H32N6O.3ClH/c1-17(2)32-26(34)22-16-30-25(31-20-7-6-18-8-10-28-15-19(18)12-20)14-23(22)33(32)21-9-11-29-24(13-21)27(3,4)5;;;/h6-7,9,11-14,16-17,28H,8,10,15H2,1-5H3,(H,30,31);3*1H. The Hall–Kier alpha value is -2.58. The van der Waals surface area contributed by atoms with Gasteiger partial charge in [-0.1, -0.05) is 26.8 Å². The molecule has 1 aliphatic rings. The molecule has 2 N–H and O–H groups in total. The minimum Gasteiger partial charge on any atom is -0.340 e. The van der Waals surface area contributed by atoms with Crippen molar-refractivity contribution in [3.63, 3.8) is 0 Å². The van der Waals surface area contributed by atoms with Crippen LogP contribution >= 0.6 is 37.2 Å². The number of pyridine rings is 2. The Morgan fingerprint density at radius 2 is 1.76 bits per heavy atom. The molecule has 3 aromatic heterocycles. The van der Waals surface area contributed by atoms with Crippen LogP contribution < -0.4 is 16.2 Å². The van der Waals surface area contributed by atoms with Crippen LogP contribution in [0.3, 0.4) is 0 Å². The van der Waals surface area contributed by atoms with E-state index in [1.165, 1.54) is 11.1 Å². The normalized spacial score (nSPS) is 12.8. The highest BCUT2D eigenvalue weighted by Gasteiger charge is 2.21. The smallest absolute Gasteiger partial charge is 0.276 e. The van der Waals surface area contributed by atoms with Crippen molar-refractivity contribution in [2.75, 3.05) is 11.9 Å². The molecule has 0 spiro atoms. The lowest BCUT2D eigenvalue weighted by molar-refractivity contribution is 0.476. The van der Waals surface area contributed by atoms with Gasteiger partial charge in [0.05, 0.1) is 16.6 Å². The summed E-state index contributed by atoms with van der Waals surface area (Å²) in [6.07, 6.45) is 4.55. The van der Waals surface area contributed by atoms with Crippen molar-refractivity contribution in [1.29, 1.82) is 0 Å². The molecule has 0 fully saturated rings. The summed E-state index contributed by atoms with van der Waals surface area (Å²) < 4.78 is 3.80. The Kier molecular flexibility index (Phi) is 9.82. The Morgan fingerprint density at radius 3 is 2.46 bits per heavy atom. The summed E-state index contributed by atoms with van der Waals surface area (Å²) in [6.45, 7) is 12.4. The van der Waals surface area contributed by atoms with Gasteiger partial charge in [0.25, 0.3) is 5.56 Å². The fourth-order valence-electron chi connectivity index (χ4n) is 4.58. The van der Waals surface area contributed by atoms with Crippen LogP contribution in [0, 0.1) is 0 Å². The van der Waals surface area contributed by atoms with Crippen LogP contribution in [0.25, 0.3) is 16.6 Å². The molecule has 0 unspecified atom stereocenters. The van der Waals surface area contributed by atoms with E-state index in [0.29, 0.717) is 11.2 Å². The molecule has 200 valence electrons. The average Bonchev–Trinajstić information content (AvgIpc) is 3.10. The molecular weight excluding hydrogens is 531 g/mol. The van der Waals surface area contributed by atoms with Crippen LogP contribution in [-0.2, 0) is 18.4 Å². The molecule has 7 nitrogen and oxygen atoms in total. The summed E-state index contributed by atoms with van der Waals surface area (Å²) in [5, 5.41) is 7.47. The van der Waals surface area contributed by atoms with Crippen molar-refractivity contribution in [3.05, 3.63) is 76.0 Å². The van der Waals surface area contributed by atoms with Gasteiger partial charge in [0, 0.05) is 47.8 Å². The van der Waals surface area contributed by atoms with Gasteiger partial charge in [0.1, 0.15) is 5.82 Å². The van der Waals surface area contributed by atoms with Crippen LogP contribution in [0.2, 0.25) is 0 Å². The zero-order valence-corrected chi connectivity index (χ0v) is 24.2. The van der Waals surface area contributed by atoms with Gasteiger partial charge < -0.3 is 10.6 Å². The largest absolute Gasteiger partial charge is 0.340 e. The van der Waals surface area contributed by atoms with Gasteiger partial charge in [-0.25, -0.2) is 14.3 Å². The number of fused-ring (bicyclic) bond motifs is 2. The Morgan fingerprint density at radius 1 is 1.00 bits per heavy atom. The van der Waals surface area contributed by atoms with Crippen LogP contribution in [0.15, 0.2) is 53.6 Å². The summed E-state index contributed by atoms with van der Waals surface area (Å²) in [4.78, 5) is 22.5. The minimum absolute atomic E-state index is 0. The van der Waals surface area contributed by atoms with E-state index in [-0.39, 0.29) is 54.2 Å². The number of anilines is 2. The average molecular weight is 566 g/mol. The number of nitrogens with one attached hydrogen (secondary N) is 2. The van der Waals surface area contributed by atoms with Crippen LogP contribution in [-0.4, -0.2) is 25.9 Å². The van der Waals surface area contributed by atoms with E-state index in [1.54, 1.807) is 10.9 Å². The lowest BCUT2D eigenvalue weighted by Crippen LogP contribution is -2.24. The first-order chi connectivity index (χ1) is 16.2. The SMILES string of the molecule is CC(C)n1c(=O)c2cnc(Nc3ccc4c(c3)CNCC4)cc2n1-c1ccnc(C(C)(C)C)c1.Cl.Cl.Cl. The van der Waals surface area contributed by atoms with Crippen molar-refractivity contribution in [2.24, 2.45) is 0 Å². The van der Waals surface area contributed by atoms with Gasteiger partial charge in [-0.05, 0) is 62.2 Å². The molecule has 0 radical (unpaired) electrons. The molecule has 0 amide bonds. The quantitative estimate of drug-likeness (QED) is 0.312. The Balaban J connectivity index is 0.00000160. The second-order valence-corrected chi connectivity index (χ2v) is 10.3. The molecule has 0 aliphatic carbocycles. The lowest BCUT2D eigenvalue weighted by atomic mass is 9.91. The zero-order valence-electron chi connectivity index (χ0n) is 21.7.